The third-order valence-corrected chi connectivity index (χ3v) is 2.79. The number of likely N-dealkylation sites (N-methyl/N-ethyl adjacent to an activating group) is 1. The number of nitrogens with zero attached hydrogens (tertiary/aromatic N) is 1. The minimum atomic E-state index is -0.0408. The monoisotopic (exact) mass is 285 g/mol. The van der Waals surface area contributed by atoms with Crippen molar-refractivity contribution in [1.82, 2.24) is 4.90 Å². The maximum Gasteiger partial charge on any atom is 0.253 e. The van der Waals surface area contributed by atoms with Gasteiger partial charge in [-0.25, -0.2) is 0 Å². The molecule has 0 aliphatic heterocycles. The van der Waals surface area contributed by atoms with Crippen LogP contribution in [-0.4, -0.2) is 35.6 Å². The second-order valence-electron chi connectivity index (χ2n) is 3.63. The number of halogens is 1. The van der Waals surface area contributed by atoms with Crippen LogP contribution in [0.25, 0.3) is 0 Å². The third kappa shape index (κ3) is 3.32. The highest BCUT2D eigenvalue weighted by Crippen LogP contribution is 2.16. The highest BCUT2D eigenvalue weighted by molar-refractivity contribution is 9.10. The molecular weight excluding hydrogens is 270 g/mol. The first kappa shape index (κ1) is 13.2. The molecule has 0 aliphatic rings. The molecule has 0 heterocycles. The van der Waals surface area contributed by atoms with E-state index in [0.29, 0.717) is 18.7 Å². The minimum absolute atomic E-state index is 0.00738. The normalized spacial score (nSPS) is 10.2. The first-order valence-electron chi connectivity index (χ1n) is 5.25. The van der Waals surface area contributed by atoms with Crippen molar-refractivity contribution in [3.8, 4) is 0 Å². The minimum Gasteiger partial charge on any atom is -0.395 e. The average molecular weight is 286 g/mol. The van der Waals surface area contributed by atoms with Crippen LogP contribution in [0.3, 0.4) is 0 Å². The Kier molecular flexibility index (Phi) is 4.96. The maximum absolute atomic E-state index is 12.1. The maximum atomic E-state index is 12.1. The molecule has 1 amide bonds. The Morgan fingerprint density at radius 2 is 2.12 bits per heavy atom. The zero-order valence-corrected chi connectivity index (χ0v) is 11.1. The van der Waals surface area contributed by atoms with E-state index in [1.807, 2.05) is 26.0 Å². The first-order valence-corrected chi connectivity index (χ1v) is 6.05. The molecule has 0 saturated heterocycles. The molecule has 3 nitrogen and oxygen atoms in total. The molecular formula is C12H16BrNO2. The van der Waals surface area contributed by atoms with E-state index >= 15 is 0 Å². The molecule has 0 spiro atoms. The van der Waals surface area contributed by atoms with Crippen LogP contribution in [0.1, 0.15) is 22.8 Å². The lowest BCUT2D eigenvalue weighted by Gasteiger charge is -2.20. The average Bonchev–Trinajstić information content (AvgIpc) is 2.23. The number of carbonyl (C=O) groups is 1. The summed E-state index contributed by atoms with van der Waals surface area (Å²) in [6, 6.07) is 5.61. The lowest BCUT2D eigenvalue weighted by molar-refractivity contribution is 0.0732. The van der Waals surface area contributed by atoms with Crippen molar-refractivity contribution in [1.29, 1.82) is 0 Å². The Hall–Kier alpha value is -0.870. The summed E-state index contributed by atoms with van der Waals surface area (Å²) in [6.07, 6.45) is 0. The second kappa shape index (κ2) is 6.01. The van der Waals surface area contributed by atoms with E-state index in [-0.39, 0.29) is 12.5 Å². The van der Waals surface area contributed by atoms with Crippen LogP contribution in [0.15, 0.2) is 22.7 Å². The third-order valence-electron chi connectivity index (χ3n) is 2.33. The zero-order valence-electron chi connectivity index (χ0n) is 9.53. The molecule has 1 rings (SSSR count). The fourth-order valence-corrected chi connectivity index (χ4v) is 2.17. The van der Waals surface area contributed by atoms with Crippen molar-refractivity contribution in [3.63, 3.8) is 0 Å². The van der Waals surface area contributed by atoms with Gasteiger partial charge in [-0.05, 0) is 37.6 Å². The van der Waals surface area contributed by atoms with Crippen LogP contribution >= 0.6 is 15.9 Å². The van der Waals surface area contributed by atoms with Crippen LogP contribution in [0, 0.1) is 6.92 Å². The Labute approximate surface area is 104 Å². The van der Waals surface area contributed by atoms with Gasteiger partial charge in [0.05, 0.1) is 6.61 Å². The van der Waals surface area contributed by atoms with Gasteiger partial charge in [-0.15, -0.1) is 0 Å². The summed E-state index contributed by atoms with van der Waals surface area (Å²) in [5, 5.41) is 8.87. The second-order valence-corrected chi connectivity index (χ2v) is 4.54. The molecule has 0 unspecified atom stereocenters. The highest BCUT2D eigenvalue weighted by Gasteiger charge is 2.14. The molecule has 16 heavy (non-hydrogen) atoms. The molecule has 1 aromatic rings. The molecule has 0 aliphatic carbocycles. The summed E-state index contributed by atoms with van der Waals surface area (Å²) in [5.74, 6) is -0.0408. The quantitative estimate of drug-likeness (QED) is 0.922. The van der Waals surface area contributed by atoms with Gasteiger partial charge in [0, 0.05) is 23.1 Å². The van der Waals surface area contributed by atoms with Crippen molar-refractivity contribution in [3.05, 3.63) is 33.8 Å². The fraction of sp³-hybridized carbons (Fsp3) is 0.417. The molecule has 0 atom stereocenters. The van der Waals surface area contributed by atoms with E-state index in [1.165, 1.54) is 0 Å². The Morgan fingerprint density at radius 1 is 1.44 bits per heavy atom. The van der Waals surface area contributed by atoms with E-state index in [1.54, 1.807) is 11.0 Å². The van der Waals surface area contributed by atoms with Crippen LogP contribution < -0.4 is 0 Å². The van der Waals surface area contributed by atoms with E-state index in [2.05, 4.69) is 15.9 Å². The smallest absolute Gasteiger partial charge is 0.253 e. The summed E-state index contributed by atoms with van der Waals surface area (Å²) in [5.41, 5.74) is 1.69. The summed E-state index contributed by atoms with van der Waals surface area (Å²) in [4.78, 5) is 13.7. The Morgan fingerprint density at radius 3 is 2.62 bits per heavy atom. The van der Waals surface area contributed by atoms with Gasteiger partial charge in [0.25, 0.3) is 5.91 Å². The topological polar surface area (TPSA) is 40.5 Å². The lowest BCUT2D eigenvalue weighted by atomic mass is 10.1. The standard InChI is InChI=1S/C12H16BrNO2/c1-3-14(4-5-15)12(16)10-6-9(2)7-11(13)8-10/h6-8,15H,3-5H2,1-2H3. The molecule has 1 N–H and O–H groups in total. The van der Waals surface area contributed by atoms with Gasteiger partial charge in [-0.3, -0.25) is 4.79 Å². The van der Waals surface area contributed by atoms with Gasteiger partial charge in [-0.1, -0.05) is 15.9 Å². The van der Waals surface area contributed by atoms with Gasteiger partial charge in [0.2, 0.25) is 0 Å². The van der Waals surface area contributed by atoms with Crippen molar-refractivity contribution in [2.24, 2.45) is 0 Å². The van der Waals surface area contributed by atoms with Crippen LogP contribution in [-0.2, 0) is 0 Å². The number of hydrogen-bond donors (Lipinski definition) is 1. The number of hydrogen-bond acceptors (Lipinski definition) is 2. The van der Waals surface area contributed by atoms with Crippen molar-refractivity contribution >= 4 is 21.8 Å². The molecule has 88 valence electrons. The summed E-state index contributed by atoms with van der Waals surface area (Å²) in [7, 11) is 0. The molecule has 0 fully saturated rings. The Bertz CT molecular complexity index is 359. The SMILES string of the molecule is CCN(CCO)C(=O)c1cc(C)cc(Br)c1. The van der Waals surface area contributed by atoms with Gasteiger partial charge in [0.1, 0.15) is 0 Å². The molecule has 0 aromatic heterocycles. The number of amides is 1. The lowest BCUT2D eigenvalue weighted by Crippen LogP contribution is -2.33. The van der Waals surface area contributed by atoms with Crippen molar-refractivity contribution in [2.75, 3.05) is 19.7 Å². The predicted octanol–water partition coefficient (Wildman–Crippen LogP) is 2.21. The largest absolute Gasteiger partial charge is 0.395 e. The Balaban J connectivity index is 2.94. The van der Waals surface area contributed by atoms with Crippen molar-refractivity contribution < 1.29 is 9.90 Å². The number of aliphatic hydroxyl groups excluding tert-OH is 1. The van der Waals surface area contributed by atoms with E-state index in [0.717, 1.165) is 10.0 Å². The predicted molar refractivity (Wildman–Crippen MR) is 67.5 cm³/mol. The molecule has 0 saturated carbocycles. The first-order chi connectivity index (χ1) is 7.58. The van der Waals surface area contributed by atoms with E-state index in [4.69, 9.17) is 5.11 Å². The number of rotatable bonds is 4. The number of aryl methyl sites for hydroxylation is 1. The molecule has 0 bridgehead atoms. The molecule has 4 heteroatoms. The fourth-order valence-electron chi connectivity index (χ4n) is 1.57. The zero-order chi connectivity index (χ0) is 12.1. The highest BCUT2D eigenvalue weighted by atomic mass is 79.9. The summed E-state index contributed by atoms with van der Waals surface area (Å²) < 4.78 is 0.899. The summed E-state index contributed by atoms with van der Waals surface area (Å²) >= 11 is 3.37. The van der Waals surface area contributed by atoms with E-state index in [9.17, 15) is 4.79 Å². The van der Waals surface area contributed by atoms with Gasteiger partial charge in [-0.2, -0.15) is 0 Å². The number of aliphatic hydroxyl groups is 1. The number of carbonyl (C=O) groups excluding carboxylic acids is 1. The van der Waals surface area contributed by atoms with Crippen LogP contribution in [0.5, 0.6) is 0 Å². The molecule has 0 radical (unpaired) electrons. The van der Waals surface area contributed by atoms with Crippen LogP contribution in [0.2, 0.25) is 0 Å². The number of benzene rings is 1. The summed E-state index contributed by atoms with van der Waals surface area (Å²) in [6.45, 7) is 4.82. The van der Waals surface area contributed by atoms with Gasteiger partial charge < -0.3 is 10.0 Å². The van der Waals surface area contributed by atoms with Crippen molar-refractivity contribution in [2.45, 2.75) is 13.8 Å². The van der Waals surface area contributed by atoms with Crippen LogP contribution in [0.4, 0.5) is 0 Å². The van der Waals surface area contributed by atoms with Gasteiger partial charge in [0.15, 0.2) is 0 Å². The van der Waals surface area contributed by atoms with Gasteiger partial charge >= 0.3 is 0 Å². The van der Waals surface area contributed by atoms with E-state index < -0.39 is 0 Å². The molecule has 1 aromatic carbocycles.